The molecule has 1 aromatic carbocycles. The van der Waals surface area contributed by atoms with E-state index in [-0.39, 0.29) is 16.9 Å². The highest BCUT2D eigenvalue weighted by molar-refractivity contribution is 6.32. The predicted octanol–water partition coefficient (Wildman–Crippen LogP) is 5.59. The Bertz CT molecular complexity index is 1300. The van der Waals surface area contributed by atoms with Crippen molar-refractivity contribution < 1.29 is 9.59 Å². The molecule has 37 heavy (non-hydrogen) atoms. The number of rotatable bonds is 12. The lowest BCUT2D eigenvalue weighted by atomic mass is 10.1. The number of aromatic amines is 1. The van der Waals surface area contributed by atoms with Crippen molar-refractivity contribution in [3.05, 3.63) is 70.3 Å². The number of imidazole rings is 1. The van der Waals surface area contributed by atoms with Crippen LogP contribution in [0.4, 0.5) is 17.2 Å². The molecule has 0 aliphatic heterocycles. The number of aromatic nitrogens is 3. The van der Waals surface area contributed by atoms with Crippen LogP contribution in [0.15, 0.2) is 48.7 Å². The predicted molar refractivity (Wildman–Crippen MR) is 151 cm³/mol. The summed E-state index contributed by atoms with van der Waals surface area (Å²) in [6, 6.07) is 6.57. The number of H-pyrrole nitrogens is 1. The fourth-order valence-corrected chi connectivity index (χ4v) is 3.95. The molecule has 0 aliphatic carbocycles. The van der Waals surface area contributed by atoms with Gasteiger partial charge in [0.15, 0.2) is 0 Å². The standard InChI is InChI=1S/C26H29Cl2N7O2/c1-3-4-5-6-7-20(33-22(37)11-8-16-12-17(27)14-31-25(16)29)26-34-23(24(28)35-26)19-10-9-18(30-2)13-21(19)32-15-36/h5-6,8-15,20,30H,3-4,7H2,1-2H3,(H2,29,31)(H,32,36)(H,33,37)(H,34,35)/b6-5+,11-8+/t20-/m0/s1. The van der Waals surface area contributed by atoms with Crippen LogP contribution in [0, 0.1) is 0 Å². The average Bonchev–Trinajstić information content (AvgIpc) is 3.27. The lowest BCUT2D eigenvalue weighted by Gasteiger charge is -2.14. The van der Waals surface area contributed by atoms with Gasteiger partial charge in [0.05, 0.1) is 16.8 Å². The molecule has 0 bridgehead atoms. The third kappa shape index (κ3) is 7.58. The molecule has 2 heterocycles. The Kier molecular flexibility index (Phi) is 10.1. The first-order chi connectivity index (χ1) is 17.9. The van der Waals surface area contributed by atoms with Gasteiger partial charge in [-0.3, -0.25) is 9.59 Å². The third-order valence-corrected chi connectivity index (χ3v) is 5.91. The zero-order chi connectivity index (χ0) is 26.8. The van der Waals surface area contributed by atoms with Crippen LogP contribution in [0.3, 0.4) is 0 Å². The maximum Gasteiger partial charge on any atom is 0.244 e. The number of pyridine rings is 1. The summed E-state index contributed by atoms with van der Waals surface area (Å²) in [5.41, 5.74) is 8.84. The Labute approximate surface area is 225 Å². The smallest absolute Gasteiger partial charge is 0.244 e. The van der Waals surface area contributed by atoms with Gasteiger partial charge in [0.1, 0.15) is 22.5 Å². The van der Waals surface area contributed by atoms with Crippen molar-refractivity contribution in [2.75, 3.05) is 23.4 Å². The molecule has 9 nitrogen and oxygen atoms in total. The van der Waals surface area contributed by atoms with Crippen molar-refractivity contribution >= 4 is 58.8 Å². The number of nitrogen functional groups attached to an aromatic ring is 1. The zero-order valence-corrected chi connectivity index (χ0v) is 22.0. The number of carbonyl (C=O) groups excluding carboxylic acids is 2. The Morgan fingerprint density at radius 1 is 1.24 bits per heavy atom. The van der Waals surface area contributed by atoms with Crippen LogP contribution in [0.2, 0.25) is 10.2 Å². The summed E-state index contributed by atoms with van der Waals surface area (Å²) in [4.78, 5) is 35.7. The third-order valence-electron chi connectivity index (χ3n) is 5.43. The molecule has 0 saturated heterocycles. The SMILES string of the molecule is CCC/C=C/C[C@H](NC(=O)/C=C/c1cc(Cl)cnc1N)c1nc(-c2ccc(NC)cc2NC=O)c(Cl)[nH]1. The maximum absolute atomic E-state index is 12.8. The van der Waals surface area contributed by atoms with Crippen molar-refractivity contribution in [3.63, 3.8) is 0 Å². The number of amides is 2. The van der Waals surface area contributed by atoms with Gasteiger partial charge >= 0.3 is 0 Å². The summed E-state index contributed by atoms with van der Waals surface area (Å²) in [7, 11) is 1.78. The summed E-state index contributed by atoms with van der Waals surface area (Å²) in [5.74, 6) is 0.379. The van der Waals surface area contributed by atoms with Gasteiger partial charge in [-0.05, 0) is 43.2 Å². The van der Waals surface area contributed by atoms with Gasteiger partial charge in [-0.2, -0.15) is 0 Å². The molecule has 194 valence electrons. The molecule has 11 heteroatoms. The van der Waals surface area contributed by atoms with Crippen LogP contribution >= 0.6 is 23.2 Å². The number of hydrogen-bond acceptors (Lipinski definition) is 6. The number of nitrogens with two attached hydrogens (primary N) is 1. The van der Waals surface area contributed by atoms with E-state index in [0.29, 0.717) is 46.2 Å². The fourth-order valence-electron chi connectivity index (χ4n) is 3.54. The topological polar surface area (TPSA) is 138 Å². The van der Waals surface area contributed by atoms with E-state index in [2.05, 4.69) is 38.9 Å². The Balaban J connectivity index is 1.90. The number of benzene rings is 1. The molecular formula is C26H29Cl2N7O2. The Morgan fingerprint density at radius 2 is 2.05 bits per heavy atom. The molecule has 0 spiro atoms. The van der Waals surface area contributed by atoms with Crippen molar-refractivity contribution in [2.45, 2.75) is 32.2 Å². The number of unbranched alkanes of at least 4 members (excludes halogenated alkanes) is 1. The molecule has 0 fully saturated rings. The average molecular weight is 542 g/mol. The highest BCUT2D eigenvalue weighted by atomic mass is 35.5. The van der Waals surface area contributed by atoms with Crippen molar-refractivity contribution in [1.82, 2.24) is 20.3 Å². The number of nitrogens with zero attached hydrogens (tertiary/aromatic N) is 2. The molecule has 3 aromatic rings. The number of allylic oxidation sites excluding steroid dienone is 1. The molecule has 0 saturated carbocycles. The van der Waals surface area contributed by atoms with Crippen LogP contribution < -0.4 is 21.7 Å². The van der Waals surface area contributed by atoms with Gasteiger partial charge in [-0.25, -0.2) is 9.97 Å². The molecule has 6 N–H and O–H groups in total. The lowest BCUT2D eigenvalue weighted by Crippen LogP contribution is -2.27. The Hall–Kier alpha value is -3.82. The molecule has 2 amide bonds. The molecule has 1 atom stereocenters. The van der Waals surface area contributed by atoms with Gasteiger partial charge in [0, 0.05) is 36.1 Å². The first-order valence-electron chi connectivity index (χ1n) is 11.7. The molecule has 0 unspecified atom stereocenters. The van der Waals surface area contributed by atoms with Crippen LogP contribution in [0.5, 0.6) is 0 Å². The molecule has 0 aliphatic rings. The van der Waals surface area contributed by atoms with E-state index in [1.165, 1.54) is 12.3 Å². The van der Waals surface area contributed by atoms with E-state index in [4.69, 9.17) is 33.9 Å². The fraction of sp³-hybridized carbons (Fsp3) is 0.231. The monoisotopic (exact) mass is 541 g/mol. The molecular weight excluding hydrogens is 513 g/mol. The van der Waals surface area contributed by atoms with E-state index < -0.39 is 6.04 Å². The summed E-state index contributed by atoms with van der Waals surface area (Å²) in [6.07, 6.45) is 11.4. The van der Waals surface area contributed by atoms with Crippen molar-refractivity contribution in [1.29, 1.82) is 0 Å². The highest BCUT2D eigenvalue weighted by Crippen LogP contribution is 2.35. The summed E-state index contributed by atoms with van der Waals surface area (Å²) in [5, 5.41) is 9.38. The van der Waals surface area contributed by atoms with Gasteiger partial charge in [-0.15, -0.1) is 0 Å². The van der Waals surface area contributed by atoms with Gasteiger partial charge in [0.2, 0.25) is 12.3 Å². The largest absolute Gasteiger partial charge is 0.388 e. The number of halogens is 2. The van der Waals surface area contributed by atoms with Crippen LogP contribution in [-0.4, -0.2) is 34.3 Å². The first kappa shape index (κ1) is 27.8. The van der Waals surface area contributed by atoms with Crippen LogP contribution in [-0.2, 0) is 9.59 Å². The van der Waals surface area contributed by atoms with Crippen LogP contribution in [0.1, 0.15) is 43.6 Å². The molecule has 2 aromatic heterocycles. The van der Waals surface area contributed by atoms with Gasteiger partial charge in [0.25, 0.3) is 0 Å². The lowest BCUT2D eigenvalue weighted by molar-refractivity contribution is -0.117. The summed E-state index contributed by atoms with van der Waals surface area (Å²) >= 11 is 12.5. The second-order valence-electron chi connectivity index (χ2n) is 8.08. The molecule has 0 radical (unpaired) electrons. The number of nitrogens with one attached hydrogen (secondary N) is 4. The highest BCUT2D eigenvalue weighted by Gasteiger charge is 2.21. The van der Waals surface area contributed by atoms with Gasteiger partial charge < -0.3 is 26.7 Å². The van der Waals surface area contributed by atoms with E-state index in [9.17, 15) is 9.59 Å². The normalized spacial score (nSPS) is 12.1. The van der Waals surface area contributed by atoms with Crippen molar-refractivity contribution in [2.24, 2.45) is 0 Å². The second-order valence-corrected chi connectivity index (χ2v) is 8.89. The molecule has 3 rings (SSSR count). The van der Waals surface area contributed by atoms with Crippen molar-refractivity contribution in [3.8, 4) is 11.3 Å². The van der Waals surface area contributed by atoms with E-state index >= 15 is 0 Å². The quantitative estimate of drug-likeness (QED) is 0.115. The summed E-state index contributed by atoms with van der Waals surface area (Å²) < 4.78 is 0. The number of carbonyl (C=O) groups is 2. The number of hydrogen-bond donors (Lipinski definition) is 5. The zero-order valence-electron chi connectivity index (χ0n) is 20.5. The minimum atomic E-state index is -0.495. The minimum Gasteiger partial charge on any atom is -0.388 e. The first-order valence-corrected chi connectivity index (χ1v) is 12.4. The van der Waals surface area contributed by atoms with Crippen LogP contribution in [0.25, 0.3) is 17.3 Å². The minimum absolute atomic E-state index is 0.263. The van der Waals surface area contributed by atoms with E-state index in [0.717, 1.165) is 18.5 Å². The number of anilines is 3. The maximum atomic E-state index is 12.8. The van der Waals surface area contributed by atoms with Gasteiger partial charge in [-0.1, -0.05) is 48.7 Å². The summed E-state index contributed by atoms with van der Waals surface area (Å²) in [6.45, 7) is 2.09. The van der Waals surface area contributed by atoms with E-state index in [1.54, 1.807) is 25.3 Å². The Morgan fingerprint density at radius 3 is 2.78 bits per heavy atom. The van der Waals surface area contributed by atoms with E-state index in [1.807, 2.05) is 18.2 Å². The second kappa shape index (κ2) is 13.5.